The Hall–Kier alpha value is -2.37. The summed E-state index contributed by atoms with van der Waals surface area (Å²) in [4.78, 5) is 14.5. The van der Waals surface area contributed by atoms with E-state index < -0.39 is 0 Å². The first-order valence-electron chi connectivity index (χ1n) is 9.50. The van der Waals surface area contributed by atoms with E-state index in [1.54, 1.807) is 7.11 Å². The summed E-state index contributed by atoms with van der Waals surface area (Å²) in [5, 5.41) is 3.01. The van der Waals surface area contributed by atoms with Crippen LogP contribution in [0.4, 0.5) is 0 Å². The Balaban J connectivity index is 1.37. The molecule has 0 aromatic heterocycles. The van der Waals surface area contributed by atoms with E-state index in [1.165, 1.54) is 5.56 Å². The first-order chi connectivity index (χ1) is 13.2. The number of benzene rings is 2. The maximum atomic E-state index is 12.1. The second-order valence-corrected chi connectivity index (χ2v) is 6.87. The Morgan fingerprint density at radius 1 is 1.15 bits per heavy atom. The second-order valence-electron chi connectivity index (χ2n) is 6.87. The smallest absolute Gasteiger partial charge is 0.220 e. The van der Waals surface area contributed by atoms with Crippen LogP contribution in [0.5, 0.6) is 5.75 Å². The number of carbonyl (C=O) groups excluding carboxylic acids is 1. The maximum Gasteiger partial charge on any atom is 0.220 e. The average molecular weight is 368 g/mol. The van der Waals surface area contributed by atoms with Gasteiger partial charge >= 0.3 is 0 Å². The second kappa shape index (κ2) is 10.1. The summed E-state index contributed by atoms with van der Waals surface area (Å²) in [7, 11) is 1.65. The van der Waals surface area contributed by atoms with Gasteiger partial charge in [-0.2, -0.15) is 0 Å². The molecule has 1 fully saturated rings. The van der Waals surface area contributed by atoms with Crippen LogP contribution in [-0.2, 0) is 22.5 Å². The van der Waals surface area contributed by atoms with Crippen molar-refractivity contribution < 1.29 is 14.3 Å². The summed E-state index contributed by atoms with van der Waals surface area (Å²) in [6.07, 6.45) is 1.25. The van der Waals surface area contributed by atoms with Gasteiger partial charge in [-0.1, -0.05) is 42.5 Å². The van der Waals surface area contributed by atoms with Crippen LogP contribution >= 0.6 is 0 Å². The molecule has 3 rings (SSSR count). The molecule has 1 aliphatic heterocycles. The maximum absolute atomic E-state index is 12.1. The number of aryl methyl sites for hydroxylation is 1. The van der Waals surface area contributed by atoms with E-state index in [1.807, 2.05) is 30.3 Å². The highest BCUT2D eigenvalue weighted by molar-refractivity contribution is 5.76. The molecule has 0 spiro atoms. The van der Waals surface area contributed by atoms with Gasteiger partial charge in [0.1, 0.15) is 5.75 Å². The SMILES string of the molecule is COc1ccc(CCC(=O)NCC2CN(Cc3ccccc3)CCO2)cc1. The number of amides is 1. The molecule has 1 saturated heterocycles. The van der Waals surface area contributed by atoms with Crippen molar-refractivity contribution in [1.29, 1.82) is 0 Å². The quantitative estimate of drug-likeness (QED) is 0.778. The average Bonchev–Trinajstić information content (AvgIpc) is 2.72. The van der Waals surface area contributed by atoms with Crippen molar-refractivity contribution in [3.8, 4) is 5.75 Å². The molecular formula is C22H28N2O3. The molecule has 1 aliphatic rings. The fraction of sp³-hybridized carbons (Fsp3) is 0.409. The van der Waals surface area contributed by atoms with Crippen molar-refractivity contribution in [3.63, 3.8) is 0 Å². The van der Waals surface area contributed by atoms with Crippen molar-refractivity contribution in [2.24, 2.45) is 0 Å². The summed E-state index contributed by atoms with van der Waals surface area (Å²) in [6.45, 7) is 3.96. The van der Waals surface area contributed by atoms with E-state index in [9.17, 15) is 4.79 Å². The Labute approximate surface area is 161 Å². The number of rotatable bonds is 8. The molecule has 27 heavy (non-hydrogen) atoms. The zero-order chi connectivity index (χ0) is 18.9. The van der Waals surface area contributed by atoms with Crippen LogP contribution in [-0.4, -0.2) is 50.3 Å². The molecule has 0 radical (unpaired) electrons. The van der Waals surface area contributed by atoms with E-state index >= 15 is 0 Å². The van der Waals surface area contributed by atoms with Crippen molar-refractivity contribution in [2.75, 3.05) is 33.4 Å². The number of methoxy groups -OCH3 is 1. The van der Waals surface area contributed by atoms with Gasteiger partial charge in [-0.25, -0.2) is 0 Å². The van der Waals surface area contributed by atoms with Gasteiger partial charge in [-0.3, -0.25) is 9.69 Å². The summed E-state index contributed by atoms with van der Waals surface area (Å²) in [6, 6.07) is 18.3. The minimum Gasteiger partial charge on any atom is -0.497 e. The molecule has 0 saturated carbocycles. The van der Waals surface area contributed by atoms with Crippen LogP contribution in [0, 0.1) is 0 Å². The lowest BCUT2D eigenvalue weighted by atomic mass is 10.1. The fourth-order valence-electron chi connectivity index (χ4n) is 3.26. The summed E-state index contributed by atoms with van der Waals surface area (Å²) < 4.78 is 11.0. The van der Waals surface area contributed by atoms with Crippen molar-refractivity contribution in [2.45, 2.75) is 25.5 Å². The van der Waals surface area contributed by atoms with E-state index in [2.05, 4.69) is 34.5 Å². The Morgan fingerprint density at radius 2 is 1.93 bits per heavy atom. The van der Waals surface area contributed by atoms with E-state index in [0.717, 1.165) is 37.4 Å². The third kappa shape index (κ3) is 6.38. The molecule has 1 heterocycles. The lowest BCUT2D eigenvalue weighted by Gasteiger charge is -2.33. The molecule has 144 valence electrons. The van der Waals surface area contributed by atoms with E-state index in [0.29, 0.717) is 19.6 Å². The first-order valence-corrected chi connectivity index (χ1v) is 9.50. The number of nitrogens with zero attached hydrogens (tertiary/aromatic N) is 1. The Kier molecular flexibility index (Phi) is 7.25. The molecule has 5 heteroatoms. The molecule has 1 N–H and O–H groups in total. The molecule has 0 aliphatic carbocycles. The van der Waals surface area contributed by atoms with Crippen LogP contribution in [0.1, 0.15) is 17.5 Å². The van der Waals surface area contributed by atoms with Gasteiger partial charge in [0.05, 0.1) is 19.8 Å². The summed E-state index contributed by atoms with van der Waals surface area (Å²) >= 11 is 0. The van der Waals surface area contributed by atoms with Gasteiger partial charge in [0.25, 0.3) is 0 Å². The lowest BCUT2D eigenvalue weighted by molar-refractivity contribution is -0.122. The number of hydrogen-bond donors (Lipinski definition) is 1. The number of hydrogen-bond acceptors (Lipinski definition) is 4. The summed E-state index contributed by atoms with van der Waals surface area (Å²) in [5.41, 5.74) is 2.44. The molecule has 1 unspecified atom stereocenters. The predicted molar refractivity (Wildman–Crippen MR) is 106 cm³/mol. The minimum atomic E-state index is 0.0485. The molecular weight excluding hydrogens is 340 g/mol. The van der Waals surface area contributed by atoms with Gasteiger partial charge in [0, 0.05) is 32.6 Å². The largest absolute Gasteiger partial charge is 0.497 e. The third-order valence-corrected chi connectivity index (χ3v) is 4.80. The molecule has 1 atom stereocenters. The first kappa shape index (κ1) is 19.4. The zero-order valence-corrected chi connectivity index (χ0v) is 15.9. The van der Waals surface area contributed by atoms with Crippen LogP contribution < -0.4 is 10.1 Å². The Bertz CT molecular complexity index is 703. The van der Waals surface area contributed by atoms with Crippen LogP contribution in [0.15, 0.2) is 54.6 Å². The summed E-state index contributed by atoms with van der Waals surface area (Å²) in [5.74, 6) is 0.896. The molecule has 2 aromatic carbocycles. The van der Waals surface area contributed by atoms with Crippen LogP contribution in [0.2, 0.25) is 0 Å². The van der Waals surface area contributed by atoms with Gasteiger partial charge in [-0.05, 0) is 29.7 Å². The van der Waals surface area contributed by atoms with Crippen molar-refractivity contribution in [3.05, 3.63) is 65.7 Å². The molecule has 5 nitrogen and oxygen atoms in total. The normalized spacial score (nSPS) is 17.4. The molecule has 1 amide bonds. The van der Waals surface area contributed by atoms with Crippen molar-refractivity contribution in [1.82, 2.24) is 10.2 Å². The monoisotopic (exact) mass is 368 g/mol. The number of carbonyl (C=O) groups is 1. The van der Waals surface area contributed by atoms with Crippen LogP contribution in [0.25, 0.3) is 0 Å². The number of ether oxygens (including phenoxy) is 2. The standard InChI is InChI=1S/C22H28N2O3/c1-26-20-10-7-18(8-11-20)9-12-22(25)23-15-21-17-24(13-14-27-21)16-19-5-3-2-4-6-19/h2-8,10-11,21H,9,12-17H2,1H3,(H,23,25). The lowest BCUT2D eigenvalue weighted by Crippen LogP contribution is -2.47. The highest BCUT2D eigenvalue weighted by Crippen LogP contribution is 2.13. The number of morpholine rings is 1. The molecule has 0 bridgehead atoms. The van der Waals surface area contributed by atoms with Gasteiger partial charge in [-0.15, -0.1) is 0 Å². The topological polar surface area (TPSA) is 50.8 Å². The van der Waals surface area contributed by atoms with Crippen LogP contribution in [0.3, 0.4) is 0 Å². The minimum absolute atomic E-state index is 0.0485. The Morgan fingerprint density at radius 3 is 2.67 bits per heavy atom. The third-order valence-electron chi connectivity index (χ3n) is 4.80. The van der Waals surface area contributed by atoms with Gasteiger partial charge in [0.15, 0.2) is 0 Å². The van der Waals surface area contributed by atoms with E-state index in [4.69, 9.17) is 9.47 Å². The molecule has 2 aromatic rings. The fourth-order valence-corrected chi connectivity index (χ4v) is 3.26. The number of nitrogens with one attached hydrogen (secondary N) is 1. The van der Waals surface area contributed by atoms with E-state index in [-0.39, 0.29) is 12.0 Å². The van der Waals surface area contributed by atoms with Crippen molar-refractivity contribution >= 4 is 5.91 Å². The highest BCUT2D eigenvalue weighted by Gasteiger charge is 2.21. The highest BCUT2D eigenvalue weighted by atomic mass is 16.5. The van der Waals surface area contributed by atoms with Gasteiger partial charge in [0.2, 0.25) is 5.91 Å². The zero-order valence-electron chi connectivity index (χ0n) is 15.9. The van der Waals surface area contributed by atoms with Gasteiger partial charge < -0.3 is 14.8 Å². The predicted octanol–water partition coefficient (Wildman–Crippen LogP) is 2.65.